The Morgan fingerprint density at radius 2 is 2.06 bits per heavy atom. The predicted molar refractivity (Wildman–Crippen MR) is 124 cm³/mol. The molecule has 35 heavy (non-hydrogen) atoms. The SMILES string of the molecule is Cc1cc(C(F)(F)F)nn1CC(=O)N1C=CC(c2nc(C3=NO[C@@H](c4ccccc4)C3)cs2)=CC1. The lowest BCUT2D eigenvalue weighted by atomic mass is 10.0. The normalized spacial score (nSPS) is 17.8. The average Bonchev–Trinajstić information content (AvgIpc) is 3.60. The number of aromatic nitrogens is 3. The number of carbonyl (C=O) groups is 1. The number of hydrogen-bond donors (Lipinski definition) is 0. The molecule has 0 spiro atoms. The van der Waals surface area contributed by atoms with E-state index >= 15 is 0 Å². The van der Waals surface area contributed by atoms with E-state index in [1.165, 1.54) is 23.2 Å². The third kappa shape index (κ3) is 4.90. The standard InChI is InChI=1S/C24H20F3N5O2S/c1-15-11-21(24(25,26)27)29-32(15)13-22(33)31-9-7-17(8-10-31)23-28-19(14-35-23)18-12-20(34-30-18)16-5-3-2-4-6-16/h2-9,11,14,20H,10,12-13H2,1H3/t20-/m1/s1. The molecule has 0 radical (unpaired) electrons. The van der Waals surface area contributed by atoms with Crippen LogP contribution in [0, 0.1) is 6.92 Å². The monoisotopic (exact) mass is 499 g/mol. The van der Waals surface area contributed by atoms with E-state index in [9.17, 15) is 18.0 Å². The van der Waals surface area contributed by atoms with Crippen LogP contribution in [-0.2, 0) is 22.4 Å². The van der Waals surface area contributed by atoms with Crippen molar-refractivity contribution < 1.29 is 22.8 Å². The maximum Gasteiger partial charge on any atom is 0.435 e. The molecule has 180 valence electrons. The summed E-state index contributed by atoms with van der Waals surface area (Å²) in [6.45, 7) is 1.49. The van der Waals surface area contributed by atoms with Gasteiger partial charge < -0.3 is 9.74 Å². The van der Waals surface area contributed by atoms with Crippen LogP contribution in [0.25, 0.3) is 5.57 Å². The van der Waals surface area contributed by atoms with E-state index in [0.29, 0.717) is 6.42 Å². The summed E-state index contributed by atoms with van der Waals surface area (Å²) < 4.78 is 39.7. The Morgan fingerprint density at radius 3 is 2.74 bits per heavy atom. The van der Waals surface area contributed by atoms with Gasteiger partial charge in [-0.25, -0.2) is 4.98 Å². The molecule has 5 rings (SSSR count). The Balaban J connectivity index is 1.20. The molecule has 0 unspecified atom stereocenters. The van der Waals surface area contributed by atoms with E-state index in [-0.39, 0.29) is 30.8 Å². The fourth-order valence-corrected chi connectivity index (χ4v) is 4.63. The number of thiazole rings is 1. The number of rotatable bonds is 5. The van der Waals surface area contributed by atoms with Gasteiger partial charge >= 0.3 is 6.18 Å². The topological polar surface area (TPSA) is 72.6 Å². The molecule has 1 aromatic carbocycles. The Bertz CT molecular complexity index is 1340. The summed E-state index contributed by atoms with van der Waals surface area (Å²) in [5.41, 5.74) is 2.72. The van der Waals surface area contributed by atoms with Gasteiger partial charge in [0.1, 0.15) is 17.3 Å². The van der Waals surface area contributed by atoms with E-state index in [1.807, 2.05) is 41.8 Å². The first kappa shape index (κ1) is 23.0. The predicted octanol–water partition coefficient (Wildman–Crippen LogP) is 4.97. The van der Waals surface area contributed by atoms with Crippen LogP contribution < -0.4 is 0 Å². The number of nitrogens with zero attached hydrogens (tertiary/aromatic N) is 5. The summed E-state index contributed by atoms with van der Waals surface area (Å²) in [7, 11) is 0. The highest BCUT2D eigenvalue weighted by Crippen LogP contribution is 2.31. The number of allylic oxidation sites excluding steroid dienone is 2. The highest BCUT2D eigenvalue weighted by molar-refractivity contribution is 7.11. The molecule has 11 heteroatoms. The molecule has 0 saturated carbocycles. The van der Waals surface area contributed by atoms with E-state index in [2.05, 4.69) is 15.2 Å². The highest BCUT2D eigenvalue weighted by Gasteiger charge is 2.34. The zero-order chi connectivity index (χ0) is 24.6. The summed E-state index contributed by atoms with van der Waals surface area (Å²) in [5.74, 6) is -0.360. The summed E-state index contributed by atoms with van der Waals surface area (Å²) in [6, 6.07) is 10.8. The number of alkyl halides is 3. The molecule has 0 saturated heterocycles. The second kappa shape index (κ2) is 9.14. The molecule has 2 aliphatic rings. The lowest BCUT2D eigenvalue weighted by Gasteiger charge is -2.20. The van der Waals surface area contributed by atoms with Crippen molar-refractivity contribution in [2.75, 3.05) is 6.54 Å². The maximum atomic E-state index is 12.9. The minimum Gasteiger partial charge on any atom is -0.387 e. The van der Waals surface area contributed by atoms with Crippen molar-refractivity contribution in [1.82, 2.24) is 19.7 Å². The largest absolute Gasteiger partial charge is 0.435 e. The Labute approximate surface area is 202 Å². The van der Waals surface area contributed by atoms with Crippen molar-refractivity contribution in [1.29, 1.82) is 0 Å². The van der Waals surface area contributed by atoms with Crippen molar-refractivity contribution in [3.8, 4) is 0 Å². The lowest BCUT2D eigenvalue weighted by molar-refractivity contribution is -0.142. The van der Waals surface area contributed by atoms with Gasteiger partial charge in [0.2, 0.25) is 5.91 Å². The lowest BCUT2D eigenvalue weighted by Crippen LogP contribution is -2.31. The number of hydrogen-bond acceptors (Lipinski definition) is 6. The van der Waals surface area contributed by atoms with Crippen LogP contribution in [0.1, 0.15) is 40.2 Å². The van der Waals surface area contributed by atoms with Gasteiger partial charge in [0.05, 0.1) is 5.69 Å². The number of amides is 1. The molecule has 7 nitrogen and oxygen atoms in total. The fourth-order valence-electron chi connectivity index (χ4n) is 3.78. The molecule has 2 aromatic heterocycles. The van der Waals surface area contributed by atoms with Crippen LogP contribution in [0.4, 0.5) is 13.2 Å². The molecule has 0 aliphatic carbocycles. The van der Waals surface area contributed by atoms with Crippen molar-refractivity contribution in [3.63, 3.8) is 0 Å². The number of halogens is 3. The van der Waals surface area contributed by atoms with Gasteiger partial charge in [-0.15, -0.1) is 11.3 Å². The van der Waals surface area contributed by atoms with Crippen LogP contribution in [0.3, 0.4) is 0 Å². The first-order valence-electron chi connectivity index (χ1n) is 10.8. The number of carbonyl (C=O) groups excluding carboxylic acids is 1. The summed E-state index contributed by atoms with van der Waals surface area (Å²) in [5, 5.41) is 10.4. The fraction of sp³-hybridized carbons (Fsp3) is 0.250. The summed E-state index contributed by atoms with van der Waals surface area (Å²) in [6.07, 6.45) is 1.19. The maximum absolute atomic E-state index is 12.9. The van der Waals surface area contributed by atoms with Crippen LogP contribution >= 0.6 is 11.3 Å². The summed E-state index contributed by atoms with van der Waals surface area (Å²) >= 11 is 1.47. The van der Waals surface area contributed by atoms with Crippen LogP contribution in [-0.4, -0.2) is 37.8 Å². The molecular formula is C24H20F3N5O2S. The Morgan fingerprint density at radius 1 is 1.26 bits per heavy atom. The third-order valence-corrected chi connectivity index (χ3v) is 6.60. The number of oxime groups is 1. The van der Waals surface area contributed by atoms with Crippen molar-refractivity contribution >= 4 is 28.5 Å². The zero-order valence-electron chi connectivity index (χ0n) is 18.6. The van der Waals surface area contributed by atoms with Gasteiger partial charge in [-0.3, -0.25) is 9.48 Å². The van der Waals surface area contributed by atoms with Gasteiger partial charge in [0, 0.05) is 35.8 Å². The van der Waals surface area contributed by atoms with Gasteiger partial charge in [-0.2, -0.15) is 18.3 Å². The van der Waals surface area contributed by atoms with Crippen molar-refractivity contribution in [2.45, 2.75) is 32.2 Å². The molecule has 3 aromatic rings. The molecule has 0 fully saturated rings. The molecule has 1 atom stereocenters. The van der Waals surface area contributed by atoms with E-state index in [4.69, 9.17) is 4.84 Å². The van der Waals surface area contributed by atoms with E-state index in [1.54, 1.807) is 12.3 Å². The van der Waals surface area contributed by atoms with Gasteiger partial charge in [-0.05, 0) is 24.6 Å². The van der Waals surface area contributed by atoms with Crippen LogP contribution in [0.5, 0.6) is 0 Å². The minimum absolute atomic E-state index is 0.129. The zero-order valence-corrected chi connectivity index (χ0v) is 19.4. The second-order valence-corrected chi connectivity index (χ2v) is 8.99. The average molecular weight is 500 g/mol. The molecule has 4 heterocycles. The van der Waals surface area contributed by atoms with Gasteiger partial charge in [-0.1, -0.05) is 41.6 Å². The minimum atomic E-state index is -4.55. The highest BCUT2D eigenvalue weighted by atomic mass is 32.1. The quantitative estimate of drug-likeness (QED) is 0.497. The van der Waals surface area contributed by atoms with Crippen LogP contribution in [0.2, 0.25) is 0 Å². The number of aryl methyl sites for hydroxylation is 1. The second-order valence-electron chi connectivity index (χ2n) is 8.13. The molecule has 0 N–H and O–H groups in total. The van der Waals surface area contributed by atoms with E-state index in [0.717, 1.165) is 38.3 Å². The van der Waals surface area contributed by atoms with Crippen molar-refractivity contribution in [2.24, 2.45) is 5.16 Å². The van der Waals surface area contributed by atoms with Crippen molar-refractivity contribution in [3.05, 3.63) is 87.8 Å². The third-order valence-electron chi connectivity index (χ3n) is 5.71. The van der Waals surface area contributed by atoms with Crippen LogP contribution in [0.15, 0.2) is 65.3 Å². The smallest absolute Gasteiger partial charge is 0.387 e. The number of benzene rings is 1. The summed E-state index contributed by atoms with van der Waals surface area (Å²) in [4.78, 5) is 24.3. The van der Waals surface area contributed by atoms with Gasteiger partial charge in [0.25, 0.3) is 0 Å². The molecule has 0 bridgehead atoms. The first-order valence-corrected chi connectivity index (χ1v) is 11.7. The first-order chi connectivity index (χ1) is 16.8. The molecule has 1 amide bonds. The Kier molecular flexibility index (Phi) is 6.01. The Hall–Kier alpha value is -3.73. The van der Waals surface area contributed by atoms with Gasteiger partial charge in [0.15, 0.2) is 11.8 Å². The molecular weight excluding hydrogens is 479 g/mol. The van der Waals surface area contributed by atoms with E-state index < -0.39 is 11.9 Å². The molecule has 2 aliphatic heterocycles.